The Kier molecular flexibility index (Phi) is 5.88. The van der Waals surface area contributed by atoms with E-state index in [2.05, 4.69) is 41.2 Å². The molecule has 2 N–H and O–H groups in total. The molecule has 0 spiro atoms. The van der Waals surface area contributed by atoms with Crippen molar-refractivity contribution in [2.45, 2.75) is 44.2 Å². The van der Waals surface area contributed by atoms with Crippen LogP contribution in [0.4, 0.5) is 0 Å². The van der Waals surface area contributed by atoms with Crippen molar-refractivity contribution in [2.75, 3.05) is 12.8 Å². The first-order valence-electron chi connectivity index (χ1n) is 6.50. The van der Waals surface area contributed by atoms with Crippen molar-refractivity contribution in [1.82, 2.24) is 10.6 Å². The van der Waals surface area contributed by atoms with Crippen molar-refractivity contribution < 1.29 is 4.79 Å². The van der Waals surface area contributed by atoms with Gasteiger partial charge in [0.1, 0.15) is 0 Å². The molecule has 0 heterocycles. The van der Waals surface area contributed by atoms with Crippen LogP contribution >= 0.6 is 11.8 Å². The molecule has 1 amide bonds. The lowest BCUT2D eigenvalue weighted by atomic mass is 10.1. The van der Waals surface area contributed by atoms with Crippen LogP contribution in [0, 0.1) is 0 Å². The molecular formula is C15H24N2OS. The first kappa shape index (κ1) is 16.1. The monoisotopic (exact) mass is 280 g/mol. The van der Waals surface area contributed by atoms with Crippen LogP contribution < -0.4 is 10.6 Å². The van der Waals surface area contributed by atoms with Gasteiger partial charge in [0.15, 0.2) is 0 Å². The minimum absolute atomic E-state index is 0.0244. The first-order chi connectivity index (χ1) is 8.81. The maximum atomic E-state index is 11.8. The Morgan fingerprint density at radius 3 is 2.32 bits per heavy atom. The van der Waals surface area contributed by atoms with Gasteiger partial charge in [0.05, 0.1) is 12.6 Å². The SMILES string of the molecule is CSc1ccc(C(C)NC(=O)CNC(C)(C)C)cc1. The van der Waals surface area contributed by atoms with Crippen molar-refractivity contribution in [3.05, 3.63) is 29.8 Å². The molecule has 0 aliphatic heterocycles. The fourth-order valence-electron chi connectivity index (χ4n) is 1.61. The molecule has 0 bridgehead atoms. The van der Waals surface area contributed by atoms with Crippen molar-refractivity contribution in [2.24, 2.45) is 0 Å². The Balaban J connectivity index is 2.49. The number of thioether (sulfide) groups is 1. The van der Waals surface area contributed by atoms with Gasteiger partial charge in [0.25, 0.3) is 0 Å². The largest absolute Gasteiger partial charge is 0.348 e. The summed E-state index contributed by atoms with van der Waals surface area (Å²) in [6, 6.07) is 8.32. The molecule has 0 saturated carbocycles. The van der Waals surface area contributed by atoms with E-state index >= 15 is 0 Å². The van der Waals surface area contributed by atoms with Crippen LogP contribution in [0.25, 0.3) is 0 Å². The summed E-state index contributed by atoms with van der Waals surface area (Å²) < 4.78 is 0. The Morgan fingerprint density at radius 2 is 1.84 bits per heavy atom. The second kappa shape index (κ2) is 6.96. The number of hydrogen-bond acceptors (Lipinski definition) is 3. The van der Waals surface area contributed by atoms with Gasteiger partial charge in [-0.3, -0.25) is 4.79 Å². The predicted molar refractivity (Wildman–Crippen MR) is 82.5 cm³/mol. The van der Waals surface area contributed by atoms with E-state index in [1.54, 1.807) is 11.8 Å². The Labute approximate surface area is 120 Å². The fourth-order valence-corrected chi connectivity index (χ4v) is 2.02. The highest BCUT2D eigenvalue weighted by Gasteiger charge is 2.13. The van der Waals surface area contributed by atoms with Gasteiger partial charge in [0.2, 0.25) is 5.91 Å². The van der Waals surface area contributed by atoms with Gasteiger partial charge in [-0.2, -0.15) is 0 Å². The molecule has 1 aromatic carbocycles. The highest BCUT2D eigenvalue weighted by Crippen LogP contribution is 2.18. The Morgan fingerprint density at radius 1 is 1.26 bits per heavy atom. The van der Waals surface area contributed by atoms with E-state index < -0.39 is 0 Å². The second-order valence-corrected chi connectivity index (χ2v) is 6.55. The van der Waals surface area contributed by atoms with E-state index in [0.29, 0.717) is 6.54 Å². The number of benzene rings is 1. The smallest absolute Gasteiger partial charge is 0.234 e. The molecular weight excluding hydrogens is 256 g/mol. The lowest BCUT2D eigenvalue weighted by molar-refractivity contribution is -0.121. The van der Waals surface area contributed by atoms with E-state index in [1.165, 1.54) is 4.90 Å². The summed E-state index contributed by atoms with van der Waals surface area (Å²) in [6.45, 7) is 8.49. The molecule has 0 aliphatic carbocycles. The van der Waals surface area contributed by atoms with Crippen LogP contribution in [-0.4, -0.2) is 24.2 Å². The quantitative estimate of drug-likeness (QED) is 0.815. The zero-order valence-electron chi connectivity index (χ0n) is 12.4. The Bertz CT molecular complexity index is 409. The molecule has 0 radical (unpaired) electrons. The normalized spacial score (nSPS) is 13.1. The van der Waals surface area contributed by atoms with Crippen molar-refractivity contribution in [3.8, 4) is 0 Å². The van der Waals surface area contributed by atoms with Crippen LogP contribution in [-0.2, 0) is 4.79 Å². The molecule has 1 atom stereocenters. The third kappa shape index (κ3) is 6.12. The number of hydrogen-bond donors (Lipinski definition) is 2. The topological polar surface area (TPSA) is 41.1 Å². The van der Waals surface area contributed by atoms with Crippen LogP contribution in [0.5, 0.6) is 0 Å². The molecule has 0 saturated heterocycles. The van der Waals surface area contributed by atoms with Crippen molar-refractivity contribution in [3.63, 3.8) is 0 Å². The summed E-state index contributed by atoms with van der Waals surface area (Å²) >= 11 is 1.72. The number of amides is 1. The van der Waals surface area contributed by atoms with E-state index in [9.17, 15) is 4.79 Å². The zero-order chi connectivity index (χ0) is 14.5. The van der Waals surface area contributed by atoms with Gasteiger partial charge in [-0.15, -0.1) is 11.8 Å². The number of rotatable bonds is 5. The van der Waals surface area contributed by atoms with Gasteiger partial charge < -0.3 is 10.6 Å². The van der Waals surface area contributed by atoms with Gasteiger partial charge in [-0.25, -0.2) is 0 Å². The van der Waals surface area contributed by atoms with E-state index in [1.807, 2.05) is 27.7 Å². The maximum absolute atomic E-state index is 11.8. The van der Waals surface area contributed by atoms with Crippen LogP contribution in [0.2, 0.25) is 0 Å². The van der Waals surface area contributed by atoms with Crippen molar-refractivity contribution in [1.29, 1.82) is 0 Å². The van der Waals surface area contributed by atoms with E-state index in [-0.39, 0.29) is 17.5 Å². The summed E-state index contributed by atoms with van der Waals surface area (Å²) in [6.07, 6.45) is 2.05. The molecule has 106 valence electrons. The van der Waals surface area contributed by atoms with Gasteiger partial charge in [0, 0.05) is 10.4 Å². The third-order valence-corrected chi connectivity index (χ3v) is 3.52. The lowest BCUT2D eigenvalue weighted by Gasteiger charge is -2.21. The molecule has 0 fully saturated rings. The van der Waals surface area contributed by atoms with Gasteiger partial charge in [-0.05, 0) is 51.6 Å². The number of nitrogens with one attached hydrogen (secondary N) is 2. The third-order valence-electron chi connectivity index (χ3n) is 2.77. The summed E-state index contributed by atoms with van der Waals surface area (Å²) in [5, 5.41) is 6.18. The Hall–Kier alpha value is -1.00. The minimum Gasteiger partial charge on any atom is -0.348 e. The maximum Gasteiger partial charge on any atom is 0.234 e. The van der Waals surface area contributed by atoms with E-state index in [4.69, 9.17) is 0 Å². The average Bonchev–Trinajstić information content (AvgIpc) is 2.35. The molecule has 4 heteroatoms. The molecule has 1 rings (SSSR count). The summed E-state index contributed by atoms with van der Waals surface area (Å²) in [7, 11) is 0. The zero-order valence-corrected chi connectivity index (χ0v) is 13.2. The molecule has 1 unspecified atom stereocenters. The number of carbonyl (C=O) groups excluding carboxylic acids is 1. The van der Waals surface area contributed by atoms with Crippen LogP contribution in [0.15, 0.2) is 29.2 Å². The molecule has 0 aliphatic rings. The summed E-state index contributed by atoms with van der Waals surface area (Å²) in [5.41, 5.74) is 1.09. The fraction of sp³-hybridized carbons (Fsp3) is 0.533. The predicted octanol–water partition coefficient (Wildman–Crippen LogP) is 2.97. The second-order valence-electron chi connectivity index (χ2n) is 5.67. The van der Waals surface area contributed by atoms with Gasteiger partial charge >= 0.3 is 0 Å². The number of carbonyl (C=O) groups is 1. The molecule has 0 aromatic heterocycles. The summed E-state index contributed by atoms with van der Waals surface area (Å²) in [5.74, 6) is 0.0244. The van der Waals surface area contributed by atoms with E-state index in [0.717, 1.165) is 5.56 Å². The first-order valence-corrected chi connectivity index (χ1v) is 7.72. The average molecular weight is 280 g/mol. The lowest BCUT2D eigenvalue weighted by Crippen LogP contribution is -2.43. The minimum atomic E-state index is -0.0411. The van der Waals surface area contributed by atoms with Crippen LogP contribution in [0.3, 0.4) is 0 Å². The summed E-state index contributed by atoms with van der Waals surface area (Å²) in [4.78, 5) is 13.1. The van der Waals surface area contributed by atoms with Gasteiger partial charge in [-0.1, -0.05) is 12.1 Å². The highest BCUT2D eigenvalue weighted by molar-refractivity contribution is 7.98. The standard InChI is InChI=1S/C15H24N2OS/c1-11(12-6-8-13(19-5)9-7-12)17-14(18)10-16-15(2,3)4/h6-9,11,16H,10H2,1-5H3,(H,17,18). The van der Waals surface area contributed by atoms with Crippen molar-refractivity contribution >= 4 is 17.7 Å². The molecule has 1 aromatic rings. The molecule has 19 heavy (non-hydrogen) atoms. The highest BCUT2D eigenvalue weighted by atomic mass is 32.2. The molecule has 3 nitrogen and oxygen atoms in total. The van der Waals surface area contributed by atoms with Crippen LogP contribution in [0.1, 0.15) is 39.3 Å².